The van der Waals surface area contributed by atoms with E-state index in [9.17, 15) is 29.8 Å². The minimum absolute atomic E-state index is 0.0114. The Kier molecular flexibility index (Phi) is 13.4. The predicted octanol–water partition coefficient (Wildman–Crippen LogP) is 5.19. The summed E-state index contributed by atoms with van der Waals surface area (Å²) in [6, 6.07) is 15.1. The molecular formula is C32H38Cl2N6O7. The zero-order valence-electron chi connectivity index (χ0n) is 25.8. The van der Waals surface area contributed by atoms with Crippen LogP contribution in [0.5, 0.6) is 0 Å². The Balaban J connectivity index is 0.000000183. The SMILES string of the molecule is O=CCCCC=O.O=[N+]([O-])/C=C1\NCCN1Cc1ccc(Cl)cc1.O=[N+]([O-])C1=C2N(Cc3ccc(Cl)cc3)CCN2[C@H]2CCC[C@@H]1O2. The van der Waals surface area contributed by atoms with Crippen LogP contribution in [0.25, 0.3) is 0 Å². The summed E-state index contributed by atoms with van der Waals surface area (Å²) < 4.78 is 5.91. The molecule has 2 aromatic rings. The number of carbonyl (C=O) groups excluding carboxylic acids is 2. The van der Waals surface area contributed by atoms with E-state index in [4.69, 9.17) is 27.9 Å². The van der Waals surface area contributed by atoms with Crippen molar-refractivity contribution in [1.29, 1.82) is 0 Å². The van der Waals surface area contributed by atoms with Crippen molar-refractivity contribution in [2.75, 3.05) is 26.2 Å². The number of carbonyl (C=O) groups is 2. The first-order valence-corrected chi connectivity index (χ1v) is 16.2. The Labute approximate surface area is 283 Å². The molecule has 3 saturated heterocycles. The van der Waals surface area contributed by atoms with Crippen molar-refractivity contribution in [3.63, 3.8) is 0 Å². The van der Waals surface area contributed by atoms with Crippen LogP contribution in [0.2, 0.25) is 10.0 Å². The van der Waals surface area contributed by atoms with E-state index in [1.807, 2.05) is 53.4 Å². The van der Waals surface area contributed by atoms with E-state index < -0.39 is 4.92 Å². The topological polar surface area (TPSA) is 151 Å². The third-order valence-electron chi connectivity index (χ3n) is 7.97. The predicted molar refractivity (Wildman–Crippen MR) is 176 cm³/mol. The Morgan fingerprint density at radius 3 is 2.00 bits per heavy atom. The number of rotatable bonds is 10. The van der Waals surface area contributed by atoms with Crippen molar-refractivity contribution < 1.29 is 24.2 Å². The highest BCUT2D eigenvalue weighted by molar-refractivity contribution is 6.30. The van der Waals surface area contributed by atoms with Crippen molar-refractivity contribution in [1.82, 2.24) is 20.0 Å². The van der Waals surface area contributed by atoms with E-state index in [0.717, 1.165) is 81.2 Å². The van der Waals surface area contributed by atoms with Crippen LogP contribution in [0.1, 0.15) is 49.7 Å². The molecule has 0 aromatic heterocycles. The maximum absolute atomic E-state index is 11.6. The lowest BCUT2D eigenvalue weighted by Crippen LogP contribution is -2.48. The fourth-order valence-electron chi connectivity index (χ4n) is 5.79. The second kappa shape index (κ2) is 17.6. The van der Waals surface area contributed by atoms with Gasteiger partial charge in [0.25, 0.3) is 6.20 Å². The second-order valence-corrected chi connectivity index (χ2v) is 12.1. The Morgan fingerprint density at radius 1 is 0.851 bits per heavy atom. The maximum Gasteiger partial charge on any atom is 0.314 e. The molecule has 0 spiro atoms. The van der Waals surface area contributed by atoms with Crippen LogP contribution in [0.4, 0.5) is 0 Å². The normalized spacial score (nSPS) is 20.4. The molecule has 0 amide bonds. The van der Waals surface area contributed by atoms with Gasteiger partial charge in [0.15, 0.2) is 17.7 Å². The minimum atomic E-state index is -0.442. The average Bonchev–Trinajstić information content (AvgIpc) is 3.67. The van der Waals surface area contributed by atoms with E-state index in [1.54, 1.807) is 0 Å². The van der Waals surface area contributed by atoms with Crippen LogP contribution in [0.3, 0.4) is 0 Å². The number of fused-ring (bicyclic) bond motifs is 4. The largest absolute Gasteiger partial charge is 0.365 e. The van der Waals surface area contributed by atoms with Gasteiger partial charge < -0.3 is 34.3 Å². The molecule has 2 bridgehead atoms. The molecule has 2 aromatic carbocycles. The summed E-state index contributed by atoms with van der Waals surface area (Å²) >= 11 is 11.7. The van der Waals surface area contributed by atoms with Gasteiger partial charge in [0.1, 0.15) is 18.8 Å². The van der Waals surface area contributed by atoms with Crippen molar-refractivity contribution in [2.45, 2.75) is 63.9 Å². The van der Waals surface area contributed by atoms with E-state index in [2.05, 4.69) is 15.1 Å². The van der Waals surface area contributed by atoms with Gasteiger partial charge in [-0.2, -0.15) is 0 Å². The van der Waals surface area contributed by atoms with Crippen LogP contribution in [-0.2, 0) is 27.4 Å². The van der Waals surface area contributed by atoms with Gasteiger partial charge in [0, 0.05) is 62.2 Å². The quantitative estimate of drug-likeness (QED) is 0.152. The molecule has 13 nitrogen and oxygen atoms in total. The van der Waals surface area contributed by atoms with Gasteiger partial charge in [0.05, 0.1) is 9.85 Å². The fourth-order valence-corrected chi connectivity index (χ4v) is 6.04. The lowest BCUT2D eigenvalue weighted by molar-refractivity contribution is -0.448. The number of hydrogen-bond acceptors (Lipinski definition) is 11. The number of nitrogens with one attached hydrogen (secondary N) is 1. The monoisotopic (exact) mass is 688 g/mol. The van der Waals surface area contributed by atoms with E-state index in [1.165, 1.54) is 0 Å². The number of hydrogen-bond donors (Lipinski definition) is 1. The molecule has 2 atom stereocenters. The van der Waals surface area contributed by atoms with Gasteiger partial charge >= 0.3 is 5.70 Å². The summed E-state index contributed by atoms with van der Waals surface area (Å²) in [5.74, 6) is 1.32. The molecule has 47 heavy (non-hydrogen) atoms. The highest BCUT2D eigenvalue weighted by Crippen LogP contribution is 2.39. The molecule has 1 N–H and O–H groups in total. The van der Waals surface area contributed by atoms with Crippen LogP contribution < -0.4 is 5.32 Å². The molecule has 4 heterocycles. The van der Waals surface area contributed by atoms with Crippen LogP contribution >= 0.6 is 23.2 Å². The summed E-state index contributed by atoms with van der Waals surface area (Å²) in [7, 11) is 0. The van der Waals surface area contributed by atoms with Crippen molar-refractivity contribution in [3.05, 3.63) is 113 Å². The van der Waals surface area contributed by atoms with Gasteiger partial charge in [0.2, 0.25) is 0 Å². The first kappa shape index (κ1) is 35.7. The maximum atomic E-state index is 11.6. The van der Waals surface area contributed by atoms with E-state index in [-0.39, 0.29) is 23.0 Å². The minimum Gasteiger partial charge on any atom is -0.365 e. The van der Waals surface area contributed by atoms with Crippen LogP contribution in [0, 0.1) is 20.2 Å². The molecule has 0 aliphatic carbocycles. The van der Waals surface area contributed by atoms with E-state index in [0.29, 0.717) is 48.2 Å². The molecule has 3 fully saturated rings. The number of benzene rings is 2. The lowest BCUT2D eigenvalue weighted by Gasteiger charge is -2.41. The zero-order valence-corrected chi connectivity index (χ0v) is 27.4. The first-order valence-electron chi connectivity index (χ1n) is 15.5. The molecular weight excluding hydrogens is 651 g/mol. The molecule has 4 aliphatic heterocycles. The molecule has 0 radical (unpaired) electrons. The highest BCUT2D eigenvalue weighted by Gasteiger charge is 2.48. The molecule has 252 valence electrons. The summed E-state index contributed by atoms with van der Waals surface area (Å²) in [5, 5.41) is 26.5. The Bertz CT molecular complexity index is 1450. The lowest BCUT2D eigenvalue weighted by atomic mass is 10.0. The standard InChI is InChI=1S/C16H18ClN3O3.C11H12ClN3O2.C5H8O2/c17-12-6-4-11(5-7-12)10-18-8-9-19-14-3-1-2-13(23-14)15(16(18)19)20(21)22;12-10-3-1-9(2-4-10)7-14-6-5-13-11(14)8-15(16)17;6-4-2-1-3-5-7/h4-7,13-14H,1-3,8-10H2;1-4,8,13H,5-7H2;4-5H,1-3H2/b;11-8+;/t13-,14+;;/m0../s1. The van der Waals surface area contributed by atoms with Crippen LogP contribution in [0.15, 0.2) is 72.1 Å². The first-order chi connectivity index (χ1) is 22.7. The second-order valence-electron chi connectivity index (χ2n) is 11.3. The van der Waals surface area contributed by atoms with Crippen molar-refractivity contribution in [2.24, 2.45) is 0 Å². The third-order valence-corrected chi connectivity index (χ3v) is 8.48. The van der Waals surface area contributed by atoms with Crippen LogP contribution in [-0.4, -0.2) is 75.6 Å². The molecule has 0 saturated carbocycles. The smallest absolute Gasteiger partial charge is 0.314 e. The average molecular weight is 690 g/mol. The van der Waals surface area contributed by atoms with Crippen molar-refractivity contribution in [3.8, 4) is 0 Å². The van der Waals surface area contributed by atoms with Gasteiger partial charge in [-0.25, -0.2) is 0 Å². The number of halogens is 2. The summed E-state index contributed by atoms with van der Waals surface area (Å²) in [5.41, 5.74) is 2.41. The number of nitro groups is 2. The Morgan fingerprint density at radius 2 is 1.45 bits per heavy atom. The summed E-state index contributed by atoms with van der Waals surface area (Å²) in [4.78, 5) is 46.6. The number of nitrogens with zero attached hydrogens (tertiary/aromatic N) is 5. The molecule has 6 rings (SSSR count). The van der Waals surface area contributed by atoms with Gasteiger partial charge in [-0.3, -0.25) is 20.2 Å². The molecule has 0 unspecified atom stereocenters. The van der Waals surface area contributed by atoms with E-state index >= 15 is 0 Å². The number of unbranched alkanes of at least 4 members (excludes halogenated alkanes) is 2. The number of ether oxygens (including phenoxy) is 1. The fraction of sp³-hybridized carbons (Fsp3) is 0.438. The molecule has 15 heteroatoms. The number of aldehydes is 2. The highest BCUT2D eigenvalue weighted by atomic mass is 35.5. The van der Waals surface area contributed by atoms with Gasteiger partial charge in [-0.05, 0) is 61.1 Å². The van der Waals surface area contributed by atoms with Crippen molar-refractivity contribution >= 4 is 35.8 Å². The van der Waals surface area contributed by atoms with Gasteiger partial charge in [-0.15, -0.1) is 0 Å². The summed E-state index contributed by atoms with van der Waals surface area (Å²) in [6.07, 6.45) is 6.65. The third kappa shape index (κ3) is 10.1. The summed E-state index contributed by atoms with van der Waals surface area (Å²) in [6.45, 7) is 4.35. The van der Waals surface area contributed by atoms with Gasteiger partial charge in [-0.1, -0.05) is 47.5 Å². The zero-order chi connectivity index (χ0) is 33.8. The molecule has 4 aliphatic rings. The Hall–Kier alpha value is -4.20.